The lowest BCUT2D eigenvalue weighted by Gasteiger charge is -2.31. The summed E-state index contributed by atoms with van der Waals surface area (Å²) in [6.07, 6.45) is 2.69. The fraction of sp³-hybridized carbons (Fsp3) is 0.529. The molecule has 1 aliphatic rings. The van der Waals surface area contributed by atoms with Crippen LogP contribution in [0, 0.1) is 5.92 Å². The predicted molar refractivity (Wildman–Crippen MR) is 87.5 cm³/mol. The number of carbonyl (C=O) groups excluding carboxylic acids is 2. The summed E-state index contributed by atoms with van der Waals surface area (Å²) in [5, 5.41) is 0.665. The molecule has 23 heavy (non-hydrogen) atoms. The molecule has 126 valence electrons. The van der Waals surface area contributed by atoms with Crippen LogP contribution in [0.25, 0.3) is 0 Å². The number of esters is 1. The van der Waals surface area contributed by atoms with Crippen molar-refractivity contribution in [1.82, 2.24) is 4.90 Å². The molecule has 1 amide bonds. The van der Waals surface area contributed by atoms with Gasteiger partial charge in [0.1, 0.15) is 5.75 Å². The molecule has 1 fully saturated rings. The van der Waals surface area contributed by atoms with Gasteiger partial charge in [0.05, 0.1) is 19.6 Å². The van der Waals surface area contributed by atoms with Crippen LogP contribution in [-0.4, -0.2) is 43.6 Å². The molecule has 1 saturated heterocycles. The number of hydrogen-bond donors (Lipinski definition) is 0. The predicted octanol–water partition coefficient (Wildman–Crippen LogP) is 2.91. The zero-order valence-electron chi connectivity index (χ0n) is 13.3. The van der Waals surface area contributed by atoms with Gasteiger partial charge in [0.15, 0.2) is 0 Å². The molecule has 1 aromatic rings. The molecule has 0 spiro atoms. The van der Waals surface area contributed by atoms with Crippen molar-refractivity contribution in [3.05, 3.63) is 29.3 Å². The van der Waals surface area contributed by atoms with E-state index in [2.05, 4.69) is 0 Å². The fourth-order valence-corrected chi connectivity index (χ4v) is 2.79. The Balaban J connectivity index is 1.70. The average Bonchev–Trinajstić information content (AvgIpc) is 2.59. The highest BCUT2D eigenvalue weighted by molar-refractivity contribution is 6.30. The zero-order chi connectivity index (χ0) is 16.7. The van der Waals surface area contributed by atoms with Crippen LogP contribution in [0.4, 0.5) is 0 Å². The summed E-state index contributed by atoms with van der Waals surface area (Å²) in [5.74, 6) is 0.389. The van der Waals surface area contributed by atoms with Crippen LogP contribution in [0.5, 0.6) is 5.75 Å². The first-order chi connectivity index (χ1) is 11.1. The Kier molecular flexibility index (Phi) is 6.71. The Morgan fingerprint density at radius 3 is 2.74 bits per heavy atom. The number of likely N-dealkylation sites (tertiary alicyclic amines) is 1. The highest BCUT2D eigenvalue weighted by Gasteiger charge is 2.28. The molecule has 1 atom stereocenters. The van der Waals surface area contributed by atoms with E-state index in [9.17, 15) is 9.59 Å². The van der Waals surface area contributed by atoms with E-state index in [1.54, 1.807) is 29.2 Å². The van der Waals surface area contributed by atoms with Gasteiger partial charge in [-0.15, -0.1) is 0 Å². The SMILES string of the molecule is COC(=O)C1CCCN(C(=O)CCCOc2ccc(Cl)cc2)C1. The smallest absolute Gasteiger partial charge is 0.310 e. The number of amides is 1. The van der Waals surface area contributed by atoms with Crippen molar-refractivity contribution in [1.29, 1.82) is 0 Å². The van der Waals surface area contributed by atoms with Crippen molar-refractivity contribution in [2.75, 3.05) is 26.8 Å². The van der Waals surface area contributed by atoms with E-state index in [-0.39, 0.29) is 17.8 Å². The number of ether oxygens (including phenoxy) is 2. The van der Waals surface area contributed by atoms with Gasteiger partial charge in [0, 0.05) is 24.5 Å². The number of methoxy groups -OCH3 is 1. The van der Waals surface area contributed by atoms with E-state index in [4.69, 9.17) is 21.1 Å². The lowest BCUT2D eigenvalue weighted by atomic mass is 9.98. The van der Waals surface area contributed by atoms with Gasteiger partial charge >= 0.3 is 5.97 Å². The number of halogens is 1. The summed E-state index contributed by atoms with van der Waals surface area (Å²) < 4.78 is 10.3. The minimum Gasteiger partial charge on any atom is -0.494 e. The van der Waals surface area contributed by atoms with Crippen molar-refractivity contribution in [2.45, 2.75) is 25.7 Å². The van der Waals surface area contributed by atoms with E-state index in [1.165, 1.54) is 7.11 Å². The minimum absolute atomic E-state index is 0.0679. The van der Waals surface area contributed by atoms with Crippen molar-refractivity contribution < 1.29 is 19.1 Å². The Morgan fingerprint density at radius 2 is 2.04 bits per heavy atom. The first-order valence-corrected chi connectivity index (χ1v) is 8.22. The monoisotopic (exact) mass is 339 g/mol. The van der Waals surface area contributed by atoms with Crippen LogP contribution in [0.2, 0.25) is 5.02 Å². The van der Waals surface area contributed by atoms with Gasteiger partial charge in [-0.3, -0.25) is 9.59 Å². The summed E-state index contributed by atoms with van der Waals surface area (Å²) in [5.41, 5.74) is 0. The molecule has 0 bridgehead atoms. The quantitative estimate of drug-likeness (QED) is 0.590. The Labute approximate surface area is 141 Å². The third kappa shape index (κ3) is 5.43. The van der Waals surface area contributed by atoms with Gasteiger partial charge in [-0.25, -0.2) is 0 Å². The maximum Gasteiger partial charge on any atom is 0.310 e. The Hall–Kier alpha value is -1.75. The molecule has 1 heterocycles. The highest BCUT2D eigenvalue weighted by atomic mass is 35.5. The molecule has 0 saturated carbocycles. The number of carbonyl (C=O) groups is 2. The molecule has 0 radical (unpaired) electrons. The molecule has 6 heteroatoms. The topological polar surface area (TPSA) is 55.8 Å². The number of rotatable bonds is 6. The van der Waals surface area contributed by atoms with Gasteiger partial charge in [-0.2, -0.15) is 0 Å². The first kappa shape index (κ1) is 17.6. The maximum absolute atomic E-state index is 12.2. The molecule has 0 aromatic heterocycles. The van der Waals surface area contributed by atoms with E-state index >= 15 is 0 Å². The van der Waals surface area contributed by atoms with Crippen molar-refractivity contribution in [3.63, 3.8) is 0 Å². The largest absolute Gasteiger partial charge is 0.494 e. The first-order valence-electron chi connectivity index (χ1n) is 7.84. The summed E-state index contributed by atoms with van der Waals surface area (Å²) in [4.78, 5) is 25.6. The summed E-state index contributed by atoms with van der Waals surface area (Å²) in [6, 6.07) is 7.14. The minimum atomic E-state index is -0.228. The molecular formula is C17H22ClNO4. The normalized spacial score (nSPS) is 17.7. The molecule has 5 nitrogen and oxygen atoms in total. The second kappa shape index (κ2) is 8.77. The van der Waals surface area contributed by atoms with Crippen molar-refractivity contribution in [3.8, 4) is 5.75 Å². The maximum atomic E-state index is 12.2. The van der Waals surface area contributed by atoms with E-state index < -0.39 is 0 Å². The summed E-state index contributed by atoms with van der Waals surface area (Å²) in [7, 11) is 1.39. The molecule has 0 N–H and O–H groups in total. The highest BCUT2D eigenvalue weighted by Crippen LogP contribution is 2.19. The third-order valence-electron chi connectivity index (χ3n) is 3.93. The second-order valence-corrected chi connectivity index (χ2v) is 6.04. The summed E-state index contributed by atoms with van der Waals surface area (Å²) >= 11 is 5.81. The van der Waals surface area contributed by atoms with Gasteiger partial charge < -0.3 is 14.4 Å². The molecule has 0 aliphatic carbocycles. The van der Waals surface area contributed by atoms with Crippen LogP contribution >= 0.6 is 11.6 Å². The van der Waals surface area contributed by atoms with Gasteiger partial charge in [0.25, 0.3) is 0 Å². The molecular weight excluding hydrogens is 318 g/mol. The molecule has 1 aromatic carbocycles. The van der Waals surface area contributed by atoms with E-state index in [0.29, 0.717) is 37.6 Å². The van der Waals surface area contributed by atoms with E-state index in [1.807, 2.05) is 0 Å². The lowest BCUT2D eigenvalue weighted by molar-refractivity contribution is -0.149. The molecule has 2 rings (SSSR count). The van der Waals surface area contributed by atoms with Gasteiger partial charge in [-0.1, -0.05) is 11.6 Å². The van der Waals surface area contributed by atoms with Gasteiger partial charge in [-0.05, 0) is 43.5 Å². The van der Waals surface area contributed by atoms with Crippen LogP contribution in [0.1, 0.15) is 25.7 Å². The zero-order valence-corrected chi connectivity index (χ0v) is 14.1. The van der Waals surface area contributed by atoms with Crippen molar-refractivity contribution >= 4 is 23.5 Å². The van der Waals surface area contributed by atoms with Crippen LogP contribution in [-0.2, 0) is 14.3 Å². The van der Waals surface area contributed by atoms with Crippen LogP contribution in [0.3, 0.4) is 0 Å². The van der Waals surface area contributed by atoms with E-state index in [0.717, 1.165) is 18.6 Å². The number of benzene rings is 1. The molecule has 1 aliphatic heterocycles. The lowest BCUT2D eigenvalue weighted by Crippen LogP contribution is -2.42. The average molecular weight is 340 g/mol. The summed E-state index contributed by atoms with van der Waals surface area (Å²) in [6.45, 7) is 1.65. The van der Waals surface area contributed by atoms with Crippen LogP contribution < -0.4 is 4.74 Å². The Bertz CT molecular complexity index is 532. The number of nitrogens with zero attached hydrogens (tertiary/aromatic N) is 1. The Morgan fingerprint density at radius 1 is 1.30 bits per heavy atom. The number of hydrogen-bond acceptors (Lipinski definition) is 4. The fourth-order valence-electron chi connectivity index (χ4n) is 2.67. The third-order valence-corrected chi connectivity index (χ3v) is 4.18. The number of piperidine rings is 1. The van der Waals surface area contributed by atoms with Crippen molar-refractivity contribution in [2.24, 2.45) is 5.92 Å². The standard InChI is InChI=1S/C17H22ClNO4/c1-22-17(21)13-4-2-10-19(12-13)16(20)5-3-11-23-15-8-6-14(18)7-9-15/h6-9,13H,2-5,10-12H2,1H3. The van der Waals surface area contributed by atoms with Crippen LogP contribution in [0.15, 0.2) is 24.3 Å². The van der Waals surface area contributed by atoms with Gasteiger partial charge in [0.2, 0.25) is 5.91 Å². The second-order valence-electron chi connectivity index (χ2n) is 5.61. The molecule has 1 unspecified atom stereocenters.